The van der Waals surface area contributed by atoms with Crippen molar-refractivity contribution in [1.29, 1.82) is 0 Å². The average Bonchev–Trinajstić information content (AvgIpc) is 2.84. The van der Waals surface area contributed by atoms with Gasteiger partial charge >= 0.3 is 0 Å². The highest BCUT2D eigenvalue weighted by atomic mass is 16.5. The number of pyridine rings is 1. The largest absolute Gasteiger partial charge is 0.497 e. The molecule has 0 amide bonds. The van der Waals surface area contributed by atoms with Gasteiger partial charge in [-0.05, 0) is 24.3 Å². The molecule has 0 saturated carbocycles. The number of nitrogens with zero attached hydrogens (tertiary/aromatic N) is 2. The summed E-state index contributed by atoms with van der Waals surface area (Å²) in [6, 6.07) is 9.17. The Bertz CT molecular complexity index is 706. The summed E-state index contributed by atoms with van der Waals surface area (Å²) in [4.78, 5) is 8.44. The second-order valence-corrected chi connectivity index (χ2v) is 3.80. The fraction of sp³-hybridized carbons (Fsp3) is 0.0769. The van der Waals surface area contributed by atoms with E-state index < -0.39 is 0 Å². The van der Waals surface area contributed by atoms with E-state index in [1.807, 2.05) is 24.3 Å². The minimum atomic E-state index is 0.438. The Morgan fingerprint density at radius 1 is 1.28 bits per heavy atom. The Morgan fingerprint density at radius 3 is 2.94 bits per heavy atom. The van der Waals surface area contributed by atoms with Crippen molar-refractivity contribution in [2.24, 2.45) is 0 Å². The number of fused-ring (bicyclic) bond motifs is 1. The van der Waals surface area contributed by atoms with Crippen molar-refractivity contribution in [1.82, 2.24) is 9.97 Å². The van der Waals surface area contributed by atoms with Gasteiger partial charge in [0, 0.05) is 11.8 Å². The minimum Gasteiger partial charge on any atom is -0.497 e. The van der Waals surface area contributed by atoms with Gasteiger partial charge in [0.25, 0.3) is 0 Å². The number of anilines is 1. The molecular weight excluding hydrogens is 230 g/mol. The standard InChI is InChI=1S/C13H11N3O2/c1-17-9-4-2-3-8(7-9)12-16-11-10(14)5-6-15-13(11)18-12/h2-7H,1H3,(H2,14,15). The fourth-order valence-corrected chi connectivity index (χ4v) is 1.73. The van der Waals surface area contributed by atoms with Crippen LogP contribution >= 0.6 is 0 Å². The van der Waals surface area contributed by atoms with E-state index in [2.05, 4.69) is 9.97 Å². The molecule has 2 aromatic heterocycles. The van der Waals surface area contributed by atoms with Crippen LogP contribution in [0.25, 0.3) is 22.7 Å². The highest BCUT2D eigenvalue weighted by molar-refractivity contribution is 5.84. The molecule has 0 radical (unpaired) electrons. The zero-order valence-corrected chi connectivity index (χ0v) is 9.75. The third-order valence-electron chi connectivity index (χ3n) is 2.65. The van der Waals surface area contributed by atoms with Crippen molar-refractivity contribution < 1.29 is 9.15 Å². The lowest BCUT2D eigenvalue weighted by Crippen LogP contribution is -1.87. The van der Waals surface area contributed by atoms with Crippen LogP contribution in [0, 0.1) is 0 Å². The number of aromatic nitrogens is 2. The van der Waals surface area contributed by atoms with Gasteiger partial charge < -0.3 is 14.9 Å². The summed E-state index contributed by atoms with van der Waals surface area (Å²) in [7, 11) is 1.62. The molecule has 0 aliphatic carbocycles. The van der Waals surface area contributed by atoms with Crippen LogP contribution < -0.4 is 10.5 Å². The molecule has 18 heavy (non-hydrogen) atoms. The Morgan fingerprint density at radius 2 is 2.17 bits per heavy atom. The molecule has 0 aliphatic heterocycles. The lowest BCUT2D eigenvalue weighted by Gasteiger charge is -2.00. The Balaban J connectivity index is 2.16. The van der Waals surface area contributed by atoms with Gasteiger partial charge in [-0.25, -0.2) is 9.97 Å². The molecule has 0 spiro atoms. The van der Waals surface area contributed by atoms with E-state index in [0.29, 0.717) is 22.8 Å². The highest BCUT2D eigenvalue weighted by Crippen LogP contribution is 2.27. The first kappa shape index (κ1) is 10.6. The van der Waals surface area contributed by atoms with Crippen LogP contribution in [-0.2, 0) is 0 Å². The summed E-state index contributed by atoms with van der Waals surface area (Å²) in [6.45, 7) is 0. The van der Waals surface area contributed by atoms with Crippen LogP contribution in [0.5, 0.6) is 5.75 Å². The molecule has 2 heterocycles. The molecule has 0 bridgehead atoms. The second-order valence-electron chi connectivity index (χ2n) is 3.80. The van der Waals surface area contributed by atoms with Crippen molar-refractivity contribution in [2.45, 2.75) is 0 Å². The van der Waals surface area contributed by atoms with E-state index in [1.165, 1.54) is 0 Å². The number of hydrogen-bond donors (Lipinski definition) is 1. The number of nitrogens with two attached hydrogens (primary N) is 1. The summed E-state index contributed by atoms with van der Waals surface area (Å²) >= 11 is 0. The lowest BCUT2D eigenvalue weighted by molar-refractivity contribution is 0.415. The molecule has 3 rings (SSSR count). The number of ether oxygens (including phenoxy) is 1. The van der Waals surface area contributed by atoms with Crippen molar-refractivity contribution in [3.05, 3.63) is 36.5 Å². The minimum absolute atomic E-state index is 0.438. The first-order valence-corrected chi connectivity index (χ1v) is 5.43. The number of benzene rings is 1. The van der Waals surface area contributed by atoms with Crippen LogP contribution in [0.4, 0.5) is 5.69 Å². The van der Waals surface area contributed by atoms with Gasteiger partial charge in [0.1, 0.15) is 5.75 Å². The maximum atomic E-state index is 5.82. The van der Waals surface area contributed by atoms with Crippen molar-refractivity contribution >= 4 is 16.9 Å². The molecule has 0 atom stereocenters. The van der Waals surface area contributed by atoms with E-state index in [0.717, 1.165) is 11.3 Å². The molecule has 2 N–H and O–H groups in total. The maximum absolute atomic E-state index is 5.82. The van der Waals surface area contributed by atoms with Crippen molar-refractivity contribution in [3.8, 4) is 17.2 Å². The summed E-state index contributed by atoms with van der Waals surface area (Å²) in [5, 5.41) is 0. The van der Waals surface area contributed by atoms with Crippen molar-refractivity contribution in [2.75, 3.05) is 12.8 Å². The monoisotopic (exact) mass is 241 g/mol. The molecule has 90 valence electrons. The predicted octanol–water partition coefficient (Wildman–Crippen LogP) is 2.48. The van der Waals surface area contributed by atoms with Crippen molar-refractivity contribution in [3.63, 3.8) is 0 Å². The van der Waals surface area contributed by atoms with Crippen LogP contribution in [0.1, 0.15) is 0 Å². The lowest BCUT2D eigenvalue weighted by atomic mass is 10.2. The Labute approximate surface area is 103 Å². The smallest absolute Gasteiger partial charge is 0.249 e. The number of oxazole rings is 1. The van der Waals surface area contributed by atoms with Crippen LogP contribution in [0.2, 0.25) is 0 Å². The summed E-state index contributed by atoms with van der Waals surface area (Å²) < 4.78 is 10.7. The van der Waals surface area contributed by atoms with Gasteiger partial charge in [-0.2, -0.15) is 0 Å². The average molecular weight is 241 g/mol. The van der Waals surface area contributed by atoms with E-state index in [9.17, 15) is 0 Å². The first-order valence-electron chi connectivity index (χ1n) is 5.43. The molecule has 1 aromatic carbocycles. The second kappa shape index (κ2) is 4.03. The third-order valence-corrected chi connectivity index (χ3v) is 2.65. The van der Waals surface area contributed by atoms with Gasteiger partial charge in [-0.3, -0.25) is 0 Å². The van der Waals surface area contributed by atoms with Gasteiger partial charge in [-0.15, -0.1) is 0 Å². The SMILES string of the molecule is COc1cccc(-c2nc3c(N)ccnc3o2)c1. The zero-order chi connectivity index (χ0) is 12.5. The van der Waals surface area contributed by atoms with Gasteiger partial charge in [-0.1, -0.05) is 6.07 Å². The number of nitrogen functional groups attached to an aromatic ring is 1. The quantitative estimate of drug-likeness (QED) is 0.746. The van der Waals surface area contributed by atoms with Crippen LogP contribution in [-0.4, -0.2) is 17.1 Å². The molecule has 0 saturated heterocycles. The molecular formula is C13H11N3O2. The summed E-state index contributed by atoms with van der Waals surface area (Å²) in [6.07, 6.45) is 1.60. The number of hydrogen-bond acceptors (Lipinski definition) is 5. The Hall–Kier alpha value is -2.56. The van der Waals surface area contributed by atoms with E-state index in [1.54, 1.807) is 19.4 Å². The predicted molar refractivity (Wildman–Crippen MR) is 68.2 cm³/mol. The number of rotatable bonds is 2. The van der Waals surface area contributed by atoms with E-state index in [4.69, 9.17) is 14.9 Å². The van der Waals surface area contributed by atoms with Gasteiger partial charge in [0.2, 0.25) is 11.6 Å². The third kappa shape index (κ3) is 1.66. The van der Waals surface area contributed by atoms with Crippen LogP contribution in [0.15, 0.2) is 40.9 Å². The molecule has 0 fully saturated rings. The highest BCUT2D eigenvalue weighted by Gasteiger charge is 2.11. The summed E-state index contributed by atoms with van der Waals surface area (Å²) in [5.41, 5.74) is 8.21. The maximum Gasteiger partial charge on any atom is 0.249 e. The topological polar surface area (TPSA) is 74.2 Å². The molecule has 3 aromatic rings. The van der Waals surface area contributed by atoms with Gasteiger partial charge in [0.15, 0.2) is 5.52 Å². The fourth-order valence-electron chi connectivity index (χ4n) is 1.73. The Kier molecular flexibility index (Phi) is 2.37. The van der Waals surface area contributed by atoms with Crippen LogP contribution in [0.3, 0.4) is 0 Å². The first-order chi connectivity index (χ1) is 8.78. The zero-order valence-electron chi connectivity index (χ0n) is 9.75. The van der Waals surface area contributed by atoms with E-state index in [-0.39, 0.29) is 0 Å². The summed E-state index contributed by atoms with van der Waals surface area (Å²) in [5.74, 6) is 1.23. The van der Waals surface area contributed by atoms with E-state index >= 15 is 0 Å². The molecule has 0 unspecified atom stereocenters. The molecule has 5 nitrogen and oxygen atoms in total. The van der Waals surface area contributed by atoms with Gasteiger partial charge in [0.05, 0.1) is 12.8 Å². The molecule has 0 aliphatic rings. The number of methoxy groups -OCH3 is 1. The normalized spacial score (nSPS) is 10.7. The molecule has 5 heteroatoms.